The molecule has 1 saturated heterocycles. The maximum absolute atomic E-state index is 15.7. The first kappa shape index (κ1) is 22.9. The lowest BCUT2D eigenvalue weighted by Gasteiger charge is -2.32. The van der Waals surface area contributed by atoms with Gasteiger partial charge in [-0.2, -0.15) is 0 Å². The van der Waals surface area contributed by atoms with Gasteiger partial charge in [0, 0.05) is 12.7 Å². The van der Waals surface area contributed by atoms with E-state index in [1.165, 1.54) is 6.20 Å². The van der Waals surface area contributed by atoms with Crippen LogP contribution in [0.4, 0.5) is 10.1 Å². The zero-order valence-corrected chi connectivity index (χ0v) is 19.1. The molecule has 35 heavy (non-hydrogen) atoms. The number of nitrogens with two attached hydrogens (primary N) is 1. The lowest BCUT2D eigenvalue weighted by Crippen LogP contribution is -2.50. The topological polar surface area (TPSA) is 127 Å². The largest absolute Gasteiger partial charge is 0.477 e. The van der Waals surface area contributed by atoms with Gasteiger partial charge in [0.25, 0.3) is 0 Å². The Hall–Kier alpha value is -3.92. The van der Waals surface area contributed by atoms with Crippen LogP contribution < -0.4 is 26.1 Å². The number of rotatable bonds is 6. The fourth-order valence-corrected chi connectivity index (χ4v) is 4.87. The Bertz CT molecular complexity index is 1420. The van der Waals surface area contributed by atoms with Crippen LogP contribution in [0.2, 0.25) is 0 Å². The van der Waals surface area contributed by atoms with E-state index in [1.807, 2.05) is 6.92 Å². The van der Waals surface area contributed by atoms with Crippen LogP contribution in [0, 0.1) is 5.82 Å². The molecule has 0 bridgehead atoms. The summed E-state index contributed by atoms with van der Waals surface area (Å²) in [5, 5.41) is 12.4. The van der Waals surface area contributed by atoms with Gasteiger partial charge in [0.05, 0.1) is 17.1 Å². The molecule has 10 heteroatoms. The first-order chi connectivity index (χ1) is 16.8. The zero-order valence-electron chi connectivity index (χ0n) is 19.1. The molecule has 0 radical (unpaired) electrons. The minimum atomic E-state index is -1.40. The predicted octanol–water partition coefficient (Wildman–Crippen LogP) is 3.10. The first-order valence-corrected chi connectivity index (χ1v) is 11.6. The highest BCUT2D eigenvalue weighted by atomic mass is 19.1. The number of fused-ring (bicyclic) bond motifs is 2. The second kappa shape index (κ2) is 8.70. The molecule has 2 aliphatic heterocycles. The van der Waals surface area contributed by atoms with E-state index in [0.29, 0.717) is 37.2 Å². The van der Waals surface area contributed by atoms with Gasteiger partial charge in [0.2, 0.25) is 11.3 Å². The highest BCUT2D eigenvalue weighted by Gasteiger charge is 2.35. The molecule has 0 saturated carbocycles. The summed E-state index contributed by atoms with van der Waals surface area (Å²) in [6.07, 6.45) is 3.32. The number of hydrogen-bond acceptors (Lipinski definition) is 6. The van der Waals surface area contributed by atoms with Crippen molar-refractivity contribution < 1.29 is 23.8 Å². The third kappa shape index (κ3) is 3.70. The average Bonchev–Trinajstić information content (AvgIpc) is 3.27. The molecule has 3 aromatic rings. The highest BCUT2D eigenvalue weighted by molar-refractivity contribution is 5.99. The standard InChI is InChI=1S/C25H25FN4O5/c1-2-6-16(27)24(32)28-19-9-5-10-29(19)21-15(26)11-13-20-23(21)35-18-8-4-3-7-17(18)30(20)12-14(22(13)31)25(33)34/h3-4,7-8,11-12,16,19H,2,5-6,9-10,27H2,1H3,(H,28,32)(H,33,34). The molecule has 2 atom stereocenters. The molecular formula is C25H25FN4O5. The Morgan fingerprint density at radius 1 is 1.34 bits per heavy atom. The molecule has 3 heterocycles. The zero-order chi connectivity index (χ0) is 24.9. The molecule has 5 rings (SSSR count). The van der Waals surface area contributed by atoms with Crippen molar-refractivity contribution >= 4 is 28.5 Å². The van der Waals surface area contributed by atoms with Crippen molar-refractivity contribution in [3.8, 4) is 17.2 Å². The van der Waals surface area contributed by atoms with E-state index in [0.717, 1.165) is 12.5 Å². The number of para-hydroxylation sites is 2. The summed E-state index contributed by atoms with van der Waals surface area (Å²) in [5.41, 5.74) is 5.62. The Balaban J connectivity index is 1.70. The van der Waals surface area contributed by atoms with Crippen LogP contribution in [0.3, 0.4) is 0 Å². The van der Waals surface area contributed by atoms with Crippen molar-refractivity contribution in [1.29, 1.82) is 0 Å². The van der Waals surface area contributed by atoms with E-state index in [1.54, 1.807) is 33.7 Å². The number of aromatic nitrogens is 1. The van der Waals surface area contributed by atoms with E-state index in [2.05, 4.69) is 5.32 Å². The van der Waals surface area contributed by atoms with Crippen LogP contribution in [0.5, 0.6) is 11.5 Å². The molecular weight excluding hydrogens is 455 g/mol. The van der Waals surface area contributed by atoms with E-state index in [9.17, 15) is 19.5 Å². The average molecular weight is 480 g/mol. The molecule has 0 spiro atoms. The molecule has 1 fully saturated rings. The number of ether oxygens (including phenoxy) is 1. The molecule has 4 N–H and O–H groups in total. The van der Waals surface area contributed by atoms with Gasteiger partial charge in [-0.05, 0) is 37.5 Å². The summed E-state index contributed by atoms with van der Waals surface area (Å²) in [6, 6.07) is 7.30. The van der Waals surface area contributed by atoms with Gasteiger partial charge in [-0.3, -0.25) is 9.59 Å². The van der Waals surface area contributed by atoms with Gasteiger partial charge in [-0.1, -0.05) is 25.5 Å². The maximum Gasteiger partial charge on any atom is 0.341 e. The van der Waals surface area contributed by atoms with Crippen LogP contribution >= 0.6 is 0 Å². The number of halogens is 1. The molecule has 1 aromatic heterocycles. The SMILES string of the molecule is CCCC(N)C(=O)NC1CCCN1c1c(F)cc2c(=O)c(C(=O)O)cn3c2c1Oc1ccccc1-3. The maximum atomic E-state index is 15.7. The third-order valence-electron chi connectivity index (χ3n) is 6.52. The third-order valence-corrected chi connectivity index (χ3v) is 6.52. The number of hydrogen-bond donors (Lipinski definition) is 3. The van der Waals surface area contributed by atoms with Crippen molar-refractivity contribution in [2.24, 2.45) is 5.73 Å². The van der Waals surface area contributed by atoms with Gasteiger partial charge >= 0.3 is 5.97 Å². The smallest absolute Gasteiger partial charge is 0.341 e. The number of nitrogens with zero attached hydrogens (tertiary/aromatic N) is 2. The number of carboxylic acid groups (broad SMARTS) is 1. The fourth-order valence-electron chi connectivity index (χ4n) is 4.87. The molecule has 2 unspecified atom stereocenters. The van der Waals surface area contributed by atoms with Crippen molar-refractivity contribution in [1.82, 2.24) is 9.88 Å². The first-order valence-electron chi connectivity index (χ1n) is 11.6. The Morgan fingerprint density at radius 2 is 2.11 bits per heavy atom. The van der Waals surface area contributed by atoms with Gasteiger partial charge in [-0.25, -0.2) is 9.18 Å². The molecule has 0 aliphatic carbocycles. The second-order valence-electron chi connectivity index (χ2n) is 8.80. The number of nitrogens with one attached hydrogen (secondary N) is 1. The number of amides is 1. The minimum absolute atomic E-state index is 0.0968. The highest BCUT2D eigenvalue weighted by Crippen LogP contribution is 2.47. The van der Waals surface area contributed by atoms with Crippen LogP contribution in [-0.4, -0.2) is 40.3 Å². The van der Waals surface area contributed by atoms with E-state index in [4.69, 9.17) is 10.5 Å². The summed E-state index contributed by atoms with van der Waals surface area (Å²) in [7, 11) is 0. The predicted molar refractivity (Wildman–Crippen MR) is 128 cm³/mol. The van der Waals surface area contributed by atoms with Crippen molar-refractivity contribution in [2.75, 3.05) is 11.4 Å². The summed E-state index contributed by atoms with van der Waals surface area (Å²) < 4.78 is 23.4. The summed E-state index contributed by atoms with van der Waals surface area (Å²) in [4.78, 5) is 39.0. The van der Waals surface area contributed by atoms with Crippen molar-refractivity contribution in [2.45, 2.75) is 44.8 Å². The molecule has 1 amide bonds. The molecule has 2 aromatic carbocycles. The Labute approximate surface area is 199 Å². The van der Waals surface area contributed by atoms with Gasteiger partial charge < -0.3 is 30.4 Å². The van der Waals surface area contributed by atoms with E-state index < -0.39 is 35.0 Å². The van der Waals surface area contributed by atoms with Crippen LogP contribution in [0.15, 0.2) is 41.3 Å². The van der Waals surface area contributed by atoms with Gasteiger partial charge in [-0.15, -0.1) is 0 Å². The number of anilines is 1. The number of carboxylic acids is 1. The normalized spacial score (nSPS) is 17.1. The number of carbonyl (C=O) groups is 2. The number of pyridine rings is 1. The number of aromatic carboxylic acids is 1. The molecule has 182 valence electrons. The van der Waals surface area contributed by atoms with Gasteiger partial charge in [0.1, 0.15) is 22.9 Å². The molecule has 9 nitrogen and oxygen atoms in total. The fraction of sp³-hybridized carbons (Fsp3) is 0.320. The van der Waals surface area contributed by atoms with Crippen LogP contribution in [0.25, 0.3) is 16.6 Å². The van der Waals surface area contributed by atoms with Crippen LogP contribution in [-0.2, 0) is 4.79 Å². The number of benzene rings is 2. The quantitative estimate of drug-likeness (QED) is 0.387. The van der Waals surface area contributed by atoms with E-state index >= 15 is 4.39 Å². The lowest BCUT2D eigenvalue weighted by molar-refractivity contribution is -0.123. The van der Waals surface area contributed by atoms with Gasteiger partial charge in [0.15, 0.2) is 17.3 Å². The Kier molecular flexibility index (Phi) is 5.68. The molecule has 2 aliphatic rings. The summed E-state index contributed by atoms with van der Waals surface area (Å²) in [5.74, 6) is -1.96. The summed E-state index contributed by atoms with van der Waals surface area (Å²) >= 11 is 0. The lowest BCUT2D eigenvalue weighted by atomic mass is 10.1. The minimum Gasteiger partial charge on any atom is -0.477 e. The summed E-state index contributed by atoms with van der Waals surface area (Å²) in [6.45, 7) is 2.39. The van der Waals surface area contributed by atoms with Crippen LogP contribution in [0.1, 0.15) is 43.0 Å². The van der Waals surface area contributed by atoms with Crippen molar-refractivity contribution in [3.63, 3.8) is 0 Å². The number of carbonyl (C=O) groups excluding carboxylic acids is 1. The Morgan fingerprint density at radius 3 is 2.86 bits per heavy atom. The monoisotopic (exact) mass is 480 g/mol. The second-order valence-corrected chi connectivity index (χ2v) is 8.80. The van der Waals surface area contributed by atoms with E-state index in [-0.39, 0.29) is 28.2 Å². The van der Waals surface area contributed by atoms with Crippen molar-refractivity contribution in [3.05, 3.63) is 58.1 Å².